The molecule has 59 heavy (non-hydrogen) atoms. The lowest BCUT2D eigenvalue weighted by Crippen LogP contribution is -2.32. The lowest BCUT2D eigenvalue weighted by atomic mass is 9.89. The Balaban J connectivity index is 0.000000221. The van der Waals surface area contributed by atoms with Crippen molar-refractivity contribution in [3.8, 4) is 11.5 Å². The first-order valence-corrected chi connectivity index (χ1v) is 20.5. The molecule has 0 unspecified atom stereocenters. The van der Waals surface area contributed by atoms with Crippen LogP contribution in [0.2, 0.25) is 5.02 Å². The zero-order chi connectivity index (χ0) is 41.4. The Morgan fingerprint density at radius 3 is 2.32 bits per heavy atom. The predicted molar refractivity (Wildman–Crippen MR) is 227 cm³/mol. The number of nitrogens with one attached hydrogen (secondary N) is 2. The van der Waals surface area contributed by atoms with Crippen LogP contribution in [0.25, 0.3) is 15.9 Å². The first kappa shape index (κ1) is 41.3. The molecule has 5 heterocycles. The number of hydrogen-bond donors (Lipinski definition) is 2. The van der Waals surface area contributed by atoms with E-state index < -0.39 is 6.36 Å². The van der Waals surface area contributed by atoms with Crippen molar-refractivity contribution in [2.75, 3.05) is 37.0 Å². The van der Waals surface area contributed by atoms with Crippen LogP contribution in [-0.4, -0.2) is 58.4 Å². The van der Waals surface area contributed by atoms with Crippen LogP contribution >= 0.6 is 22.9 Å². The fraction of sp³-hybridized carbons (Fsp3) is 0.273. The summed E-state index contributed by atoms with van der Waals surface area (Å²) in [5.41, 5.74) is 7.27. The number of carbonyl (C=O) groups excluding carboxylic acids is 1. The lowest BCUT2D eigenvalue weighted by molar-refractivity contribution is -0.274. The normalized spacial score (nSPS) is 13.2. The molecule has 0 saturated carbocycles. The highest BCUT2D eigenvalue weighted by Crippen LogP contribution is 2.33. The van der Waals surface area contributed by atoms with Crippen molar-refractivity contribution in [3.05, 3.63) is 142 Å². The Kier molecular flexibility index (Phi) is 13.2. The predicted octanol–water partition coefficient (Wildman–Crippen LogP) is 10.1. The third-order valence-electron chi connectivity index (χ3n) is 10.1. The van der Waals surface area contributed by atoms with Gasteiger partial charge >= 0.3 is 6.36 Å². The number of carbonyl (C=O) groups is 1. The van der Waals surface area contributed by atoms with Crippen molar-refractivity contribution < 1.29 is 27.4 Å². The van der Waals surface area contributed by atoms with Crippen molar-refractivity contribution in [3.63, 3.8) is 0 Å². The number of anilines is 2. The van der Waals surface area contributed by atoms with E-state index in [1.165, 1.54) is 17.7 Å². The van der Waals surface area contributed by atoms with Gasteiger partial charge in [0.1, 0.15) is 35.0 Å². The summed E-state index contributed by atoms with van der Waals surface area (Å²) in [5, 5.41) is 8.95. The number of rotatable bonds is 12. The smallest absolute Gasteiger partial charge is 0.497 e. The number of fused-ring (bicyclic) bond motifs is 2. The molecule has 0 bridgehead atoms. The number of amides is 1. The molecule has 8 rings (SSSR count). The summed E-state index contributed by atoms with van der Waals surface area (Å²) in [5.74, 6) is 1.69. The Morgan fingerprint density at radius 2 is 1.63 bits per heavy atom. The van der Waals surface area contributed by atoms with Crippen LogP contribution < -0.4 is 25.0 Å². The van der Waals surface area contributed by atoms with Gasteiger partial charge in [-0.15, -0.1) is 24.5 Å². The fourth-order valence-corrected chi connectivity index (χ4v) is 8.06. The van der Waals surface area contributed by atoms with Crippen LogP contribution in [0.5, 0.6) is 11.5 Å². The number of hydrogen-bond acceptors (Lipinski definition) is 9. The zero-order valence-corrected chi connectivity index (χ0v) is 34.1. The van der Waals surface area contributed by atoms with Crippen LogP contribution in [-0.2, 0) is 19.4 Å². The number of halogens is 4. The number of benzene rings is 3. The molecule has 0 aliphatic carbocycles. The van der Waals surface area contributed by atoms with Crippen LogP contribution in [0.1, 0.15) is 58.6 Å². The summed E-state index contributed by atoms with van der Waals surface area (Å²) in [6.07, 6.45) is 2.00. The molecular formula is C44H43ClF3N7O3S. The van der Waals surface area contributed by atoms with Crippen LogP contribution in [0.15, 0.2) is 109 Å². The van der Waals surface area contributed by atoms with Gasteiger partial charge in [0, 0.05) is 38.1 Å². The van der Waals surface area contributed by atoms with Gasteiger partial charge in [0.2, 0.25) is 0 Å². The molecule has 306 valence electrons. The monoisotopic (exact) mass is 841 g/mol. The number of nitrogens with zero attached hydrogens (tertiary/aromatic N) is 5. The molecule has 2 N–H and O–H groups in total. The summed E-state index contributed by atoms with van der Waals surface area (Å²) < 4.78 is 49.2. The van der Waals surface area contributed by atoms with Crippen molar-refractivity contribution in [1.82, 2.24) is 24.7 Å². The molecule has 0 radical (unpaired) electrons. The largest absolute Gasteiger partial charge is 0.573 e. The van der Waals surface area contributed by atoms with Gasteiger partial charge in [-0.3, -0.25) is 9.20 Å². The standard InChI is InChI=1S/C29H28ClF3N4O2.C15H15N3OS/c1-2-25-27(37-18-22(30)7-12-26(37)35-25)28(38)34-17-19-3-8-23(9-4-19)36-15-13-21(14-16-36)20-5-10-24(11-6-20)39-29(31,32)33;1-19-12-4-2-11(3-5-12)6-8-16-15-14-13(7-9-20-14)17-10-18-15/h3-12,18,21H,2,13-17H2,1H3,(H,34,38);2-5,7,9-10H,6,8H2,1H3,(H,16,17,18). The highest BCUT2D eigenvalue weighted by molar-refractivity contribution is 7.17. The molecule has 1 fully saturated rings. The second-order valence-corrected chi connectivity index (χ2v) is 15.3. The van der Waals surface area contributed by atoms with E-state index in [0.717, 1.165) is 83.2 Å². The molecule has 4 aromatic heterocycles. The Morgan fingerprint density at radius 1 is 0.915 bits per heavy atom. The van der Waals surface area contributed by atoms with Crippen molar-refractivity contribution in [2.24, 2.45) is 0 Å². The molecule has 7 aromatic rings. The van der Waals surface area contributed by atoms with E-state index in [1.807, 2.05) is 42.6 Å². The van der Waals surface area contributed by atoms with Gasteiger partial charge in [-0.1, -0.05) is 54.9 Å². The minimum absolute atomic E-state index is 0.200. The Bertz CT molecular complexity index is 2470. The van der Waals surface area contributed by atoms with E-state index >= 15 is 0 Å². The highest BCUT2D eigenvalue weighted by Gasteiger charge is 2.31. The number of aryl methyl sites for hydroxylation is 1. The Labute approximate surface area is 349 Å². The first-order chi connectivity index (χ1) is 28.6. The van der Waals surface area contributed by atoms with Gasteiger partial charge in [-0.2, -0.15) is 0 Å². The third-order valence-corrected chi connectivity index (χ3v) is 11.3. The first-order valence-electron chi connectivity index (χ1n) is 19.3. The Hall–Kier alpha value is -5.86. The molecule has 0 atom stereocenters. The number of piperidine rings is 1. The minimum Gasteiger partial charge on any atom is -0.497 e. The number of alkyl halides is 3. The van der Waals surface area contributed by atoms with Crippen molar-refractivity contribution in [1.29, 1.82) is 0 Å². The lowest BCUT2D eigenvalue weighted by Gasteiger charge is -2.34. The molecule has 1 saturated heterocycles. The molecule has 1 aliphatic heterocycles. The molecule has 1 aliphatic rings. The molecule has 0 spiro atoms. The molecule has 1 amide bonds. The van der Waals surface area contributed by atoms with E-state index in [-0.39, 0.29) is 17.6 Å². The number of thiophene rings is 1. The summed E-state index contributed by atoms with van der Waals surface area (Å²) >= 11 is 7.80. The maximum Gasteiger partial charge on any atom is 0.573 e. The summed E-state index contributed by atoms with van der Waals surface area (Å²) in [6, 6.07) is 28.0. The van der Waals surface area contributed by atoms with E-state index in [1.54, 1.807) is 59.6 Å². The summed E-state index contributed by atoms with van der Waals surface area (Å²) in [6.45, 7) is 4.88. The topological polar surface area (TPSA) is 106 Å². The summed E-state index contributed by atoms with van der Waals surface area (Å²) in [7, 11) is 1.68. The van der Waals surface area contributed by atoms with E-state index in [9.17, 15) is 18.0 Å². The van der Waals surface area contributed by atoms with Crippen molar-refractivity contribution in [2.45, 2.75) is 51.4 Å². The average Bonchev–Trinajstić information content (AvgIpc) is 3.89. The number of imidazole rings is 1. The molecule has 3 aromatic carbocycles. The van der Waals surface area contributed by atoms with Crippen LogP contribution in [0.3, 0.4) is 0 Å². The van der Waals surface area contributed by atoms with Gasteiger partial charge < -0.3 is 25.0 Å². The van der Waals surface area contributed by atoms with Gasteiger partial charge in [-0.25, -0.2) is 15.0 Å². The van der Waals surface area contributed by atoms with Gasteiger partial charge in [0.15, 0.2) is 0 Å². The van der Waals surface area contributed by atoms with E-state index in [4.69, 9.17) is 16.3 Å². The minimum atomic E-state index is -4.68. The van der Waals surface area contributed by atoms with Gasteiger partial charge in [-0.05, 0) is 108 Å². The molecular weight excluding hydrogens is 799 g/mol. The zero-order valence-electron chi connectivity index (χ0n) is 32.5. The quantitative estimate of drug-likeness (QED) is 0.125. The third kappa shape index (κ3) is 10.6. The number of pyridine rings is 1. The molecule has 10 nitrogen and oxygen atoms in total. The average molecular weight is 842 g/mol. The number of aromatic nitrogens is 4. The SMILES string of the molecule is CCc1nc2ccc(Cl)cn2c1C(=O)NCc1ccc(N2CCC(c3ccc(OC(F)(F)F)cc3)CC2)cc1.COc1ccc(CCNc2ncnc3ccsc23)cc1. The fourth-order valence-electron chi connectivity index (χ4n) is 7.09. The second kappa shape index (κ2) is 18.8. The van der Waals surface area contributed by atoms with Crippen molar-refractivity contribution >= 4 is 56.2 Å². The van der Waals surface area contributed by atoms with E-state index in [2.05, 4.69) is 59.5 Å². The van der Waals surface area contributed by atoms with Gasteiger partial charge in [0.05, 0.1) is 28.0 Å². The van der Waals surface area contributed by atoms with Crippen LogP contribution in [0, 0.1) is 0 Å². The highest BCUT2D eigenvalue weighted by atomic mass is 35.5. The van der Waals surface area contributed by atoms with Gasteiger partial charge in [0.25, 0.3) is 5.91 Å². The maximum absolute atomic E-state index is 13.0. The maximum atomic E-state index is 13.0. The van der Waals surface area contributed by atoms with E-state index in [0.29, 0.717) is 29.3 Å². The van der Waals surface area contributed by atoms with Crippen LogP contribution in [0.4, 0.5) is 24.7 Å². The second-order valence-electron chi connectivity index (χ2n) is 13.9. The summed E-state index contributed by atoms with van der Waals surface area (Å²) in [4.78, 5) is 28.4. The number of ether oxygens (including phenoxy) is 2. The number of methoxy groups -OCH3 is 1. The molecule has 15 heteroatoms.